The molecule has 30 heavy (non-hydrogen) atoms. The molecular formula is C23H19N5O2. The lowest BCUT2D eigenvalue weighted by Crippen LogP contribution is -2.37. The quantitative estimate of drug-likeness (QED) is 0.522. The molecule has 2 aromatic carbocycles. The molecule has 0 aliphatic carbocycles. The van der Waals surface area contributed by atoms with E-state index in [1.807, 2.05) is 24.3 Å². The van der Waals surface area contributed by atoms with E-state index in [4.69, 9.17) is 0 Å². The van der Waals surface area contributed by atoms with Crippen LogP contribution in [0.25, 0.3) is 5.82 Å². The van der Waals surface area contributed by atoms with Crippen molar-refractivity contribution in [1.29, 1.82) is 0 Å². The predicted molar refractivity (Wildman–Crippen MR) is 113 cm³/mol. The zero-order valence-corrected chi connectivity index (χ0v) is 16.0. The lowest BCUT2D eigenvalue weighted by Gasteiger charge is -2.19. The molecule has 4 rings (SSSR count). The van der Waals surface area contributed by atoms with Crippen LogP contribution in [0.4, 0.5) is 5.69 Å². The molecule has 1 unspecified atom stereocenters. The van der Waals surface area contributed by atoms with E-state index >= 15 is 0 Å². The summed E-state index contributed by atoms with van der Waals surface area (Å²) >= 11 is 0. The Hall–Kier alpha value is -4.26. The number of anilines is 1. The van der Waals surface area contributed by atoms with E-state index in [-0.39, 0.29) is 11.8 Å². The summed E-state index contributed by atoms with van der Waals surface area (Å²) in [6.07, 6.45) is 5.00. The van der Waals surface area contributed by atoms with Gasteiger partial charge in [0, 0.05) is 18.0 Å². The van der Waals surface area contributed by atoms with Crippen LogP contribution >= 0.6 is 0 Å². The highest BCUT2D eigenvalue weighted by atomic mass is 16.2. The van der Waals surface area contributed by atoms with E-state index in [0.29, 0.717) is 22.6 Å². The fourth-order valence-corrected chi connectivity index (χ4v) is 2.96. The van der Waals surface area contributed by atoms with Crippen LogP contribution in [0.15, 0.2) is 97.5 Å². The average Bonchev–Trinajstić information content (AvgIpc) is 3.34. The maximum atomic E-state index is 13.0. The molecule has 0 saturated carbocycles. The van der Waals surface area contributed by atoms with Crippen LogP contribution in [-0.4, -0.2) is 26.6 Å². The fraction of sp³-hybridized carbons (Fsp3) is 0.0435. The number of hydrogen-bond donors (Lipinski definition) is 2. The smallest absolute Gasteiger partial charge is 0.252 e. The van der Waals surface area contributed by atoms with E-state index < -0.39 is 6.04 Å². The number of carbonyl (C=O) groups excluding carboxylic acids is 2. The third-order valence-corrected chi connectivity index (χ3v) is 4.46. The van der Waals surface area contributed by atoms with Gasteiger partial charge in [0.1, 0.15) is 6.04 Å². The first-order chi connectivity index (χ1) is 14.7. The topological polar surface area (TPSA) is 88.9 Å². The summed E-state index contributed by atoms with van der Waals surface area (Å²) < 4.78 is 1.62. The summed E-state index contributed by atoms with van der Waals surface area (Å²) in [6.45, 7) is 0. The molecule has 0 spiro atoms. The van der Waals surface area contributed by atoms with Gasteiger partial charge in [0.15, 0.2) is 5.82 Å². The highest BCUT2D eigenvalue weighted by Gasteiger charge is 2.23. The van der Waals surface area contributed by atoms with Crippen LogP contribution in [0, 0.1) is 0 Å². The Morgan fingerprint density at radius 3 is 2.23 bits per heavy atom. The summed E-state index contributed by atoms with van der Waals surface area (Å²) in [5.41, 5.74) is 1.68. The van der Waals surface area contributed by atoms with Gasteiger partial charge in [-0.3, -0.25) is 9.59 Å². The lowest BCUT2D eigenvalue weighted by molar-refractivity contribution is -0.118. The minimum atomic E-state index is -0.857. The maximum absolute atomic E-state index is 13.0. The number of pyridine rings is 1. The molecule has 2 amide bonds. The second-order valence-electron chi connectivity index (χ2n) is 6.53. The molecule has 0 radical (unpaired) electrons. The minimum Gasteiger partial charge on any atom is -0.336 e. The Balaban J connectivity index is 1.53. The van der Waals surface area contributed by atoms with Gasteiger partial charge in [-0.1, -0.05) is 48.5 Å². The molecule has 7 heteroatoms. The Kier molecular flexibility index (Phi) is 5.61. The molecule has 2 heterocycles. The van der Waals surface area contributed by atoms with Crippen LogP contribution < -0.4 is 10.6 Å². The summed E-state index contributed by atoms with van der Waals surface area (Å²) in [5.74, 6) is -0.0548. The van der Waals surface area contributed by atoms with Crippen LogP contribution in [-0.2, 0) is 4.79 Å². The monoisotopic (exact) mass is 397 g/mol. The van der Waals surface area contributed by atoms with Crippen molar-refractivity contribution < 1.29 is 9.59 Å². The number of benzene rings is 2. The van der Waals surface area contributed by atoms with Crippen molar-refractivity contribution in [2.24, 2.45) is 0 Å². The molecule has 4 aromatic rings. The van der Waals surface area contributed by atoms with E-state index in [1.54, 1.807) is 77.9 Å². The molecule has 2 aromatic heterocycles. The standard InChI is InChI=1S/C23H19N5O2/c29-22(18-10-5-2-6-11-18)27-21(17-8-3-1-4-9-17)23(30)26-19-12-13-20(24-16-19)28-15-7-14-25-28/h1-16,21H,(H,26,30)(H,27,29). The first-order valence-electron chi connectivity index (χ1n) is 9.38. The molecule has 0 bridgehead atoms. The molecule has 0 aliphatic heterocycles. The van der Waals surface area contributed by atoms with Gasteiger partial charge in [0.05, 0.1) is 11.9 Å². The number of nitrogens with zero attached hydrogens (tertiary/aromatic N) is 3. The number of carbonyl (C=O) groups is 2. The molecule has 0 saturated heterocycles. The van der Waals surface area contributed by atoms with Crippen molar-refractivity contribution in [2.75, 3.05) is 5.32 Å². The van der Waals surface area contributed by atoms with Gasteiger partial charge in [-0.15, -0.1) is 0 Å². The fourth-order valence-electron chi connectivity index (χ4n) is 2.96. The van der Waals surface area contributed by atoms with Gasteiger partial charge < -0.3 is 10.6 Å². The molecule has 7 nitrogen and oxygen atoms in total. The third kappa shape index (κ3) is 4.41. The Morgan fingerprint density at radius 1 is 0.867 bits per heavy atom. The van der Waals surface area contributed by atoms with Crippen LogP contribution in [0.2, 0.25) is 0 Å². The van der Waals surface area contributed by atoms with Gasteiger partial charge >= 0.3 is 0 Å². The molecule has 148 valence electrons. The zero-order valence-electron chi connectivity index (χ0n) is 16.0. The average molecular weight is 397 g/mol. The van der Waals surface area contributed by atoms with Gasteiger partial charge in [-0.2, -0.15) is 5.10 Å². The Labute approximate surface area is 173 Å². The lowest BCUT2D eigenvalue weighted by atomic mass is 10.1. The largest absolute Gasteiger partial charge is 0.336 e. The van der Waals surface area contributed by atoms with Gasteiger partial charge in [-0.25, -0.2) is 9.67 Å². The maximum Gasteiger partial charge on any atom is 0.252 e. The second-order valence-corrected chi connectivity index (χ2v) is 6.53. The number of aromatic nitrogens is 3. The second kappa shape index (κ2) is 8.83. The molecule has 2 N–H and O–H groups in total. The van der Waals surface area contributed by atoms with E-state index in [1.165, 1.54) is 0 Å². The zero-order chi connectivity index (χ0) is 20.8. The third-order valence-electron chi connectivity index (χ3n) is 4.46. The molecule has 0 fully saturated rings. The van der Waals surface area contributed by atoms with Crippen LogP contribution in [0.3, 0.4) is 0 Å². The van der Waals surface area contributed by atoms with E-state index in [0.717, 1.165) is 0 Å². The predicted octanol–water partition coefficient (Wildman–Crippen LogP) is 3.38. The highest BCUT2D eigenvalue weighted by molar-refractivity contribution is 6.01. The van der Waals surface area contributed by atoms with Gasteiger partial charge in [0.2, 0.25) is 0 Å². The van der Waals surface area contributed by atoms with Crippen molar-refractivity contribution >= 4 is 17.5 Å². The van der Waals surface area contributed by atoms with Gasteiger partial charge in [-0.05, 0) is 35.9 Å². The van der Waals surface area contributed by atoms with Crippen molar-refractivity contribution in [3.63, 3.8) is 0 Å². The summed E-state index contributed by atoms with van der Waals surface area (Å²) in [5, 5.41) is 9.77. The molecule has 0 aliphatic rings. The van der Waals surface area contributed by atoms with Crippen molar-refractivity contribution in [1.82, 2.24) is 20.1 Å². The van der Waals surface area contributed by atoms with Gasteiger partial charge in [0.25, 0.3) is 11.8 Å². The van der Waals surface area contributed by atoms with Crippen LogP contribution in [0.1, 0.15) is 22.0 Å². The number of nitrogens with one attached hydrogen (secondary N) is 2. The van der Waals surface area contributed by atoms with Crippen molar-refractivity contribution in [3.8, 4) is 5.82 Å². The summed E-state index contributed by atoms with van der Waals surface area (Å²) in [6, 6.07) is 22.3. The first kappa shape index (κ1) is 19.1. The number of hydrogen-bond acceptors (Lipinski definition) is 4. The molecular weight excluding hydrogens is 378 g/mol. The Morgan fingerprint density at radius 2 is 1.60 bits per heavy atom. The van der Waals surface area contributed by atoms with E-state index in [2.05, 4.69) is 20.7 Å². The summed E-state index contributed by atoms with van der Waals surface area (Å²) in [7, 11) is 0. The normalized spacial score (nSPS) is 11.5. The summed E-state index contributed by atoms with van der Waals surface area (Å²) in [4.78, 5) is 30.0. The van der Waals surface area contributed by atoms with Crippen molar-refractivity contribution in [3.05, 3.63) is 109 Å². The number of rotatable bonds is 6. The van der Waals surface area contributed by atoms with Crippen molar-refractivity contribution in [2.45, 2.75) is 6.04 Å². The van der Waals surface area contributed by atoms with Crippen LogP contribution in [0.5, 0.6) is 0 Å². The number of amides is 2. The Bertz CT molecular complexity index is 1110. The highest BCUT2D eigenvalue weighted by Crippen LogP contribution is 2.17. The minimum absolute atomic E-state index is 0.327. The van der Waals surface area contributed by atoms with E-state index in [9.17, 15) is 9.59 Å². The molecule has 1 atom stereocenters. The first-order valence-corrected chi connectivity index (χ1v) is 9.38. The SMILES string of the molecule is O=C(NC(C(=O)Nc1ccc(-n2cccn2)nc1)c1ccccc1)c1ccccc1.